The van der Waals surface area contributed by atoms with Crippen molar-refractivity contribution in [1.29, 1.82) is 0 Å². The van der Waals surface area contributed by atoms with Crippen molar-refractivity contribution in [3.8, 4) is 0 Å². The largest absolute Gasteiger partial charge is 0.464 e. The van der Waals surface area contributed by atoms with Gasteiger partial charge in [0, 0.05) is 26.1 Å². The summed E-state index contributed by atoms with van der Waals surface area (Å²) in [6.07, 6.45) is 4.12. The molecule has 3 unspecified atom stereocenters. The Hall–Kier alpha value is -0.840. The molecule has 1 aromatic heterocycles. The zero-order valence-electron chi connectivity index (χ0n) is 13.2. The molecule has 3 rings (SSSR count). The van der Waals surface area contributed by atoms with E-state index in [-0.39, 0.29) is 11.6 Å². The summed E-state index contributed by atoms with van der Waals surface area (Å²) in [6.45, 7) is 7.65. The van der Waals surface area contributed by atoms with E-state index in [0.717, 1.165) is 63.6 Å². The minimum atomic E-state index is -0.0449. The lowest BCUT2D eigenvalue weighted by Gasteiger charge is -2.40. The molecule has 4 nitrogen and oxygen atoms in total. The van der Waals surface area contributed by atoms with Gasteiger partial charge in [-0.25, -0.2) is 0 Å². The van der Waals surface area contributed by atoms with Crippen LogP contribution in [0.3, 0.4) is 0 Å². The van der Waals surface area contributed by atoms with Gasteiger partial charge in [-0.2, -0.15) is 0 Å². The molecular weight excluding hydrogens is 266 g/mol. The summed E-state index contributed by atoms with van der Waals surface area (Å²) in [6, 6.07) is 4.53. The second-order valence-corrected chi connectivity index (χ2v) is 6.28. The molecule has 2 saturated heterocycles. The van der Waals surface area contributed by atoms with E-state index in [4.69, 9.17) is 13.9 Å². The summed E-state index contributed by atoms with van der Waals surface area (Å²) < 4.78 is 17.7. The van der Waals surface area contributed by atoms with Crippen LogP contribution in [0.2, 0.25) is 0 Å². The molecule has 2 aliphatic heterocycles. The van der Waals surface area contributed by atoms with Gasteiger partial charge < -0.3 is 19.2 Å². The van der Waals surface area contributed by atoms with Crippen LogP contribution in [0, 0.1) is 5.92 Å². The summed E-state index contributed by atoms with van der Waals surface area (Å²) in [7, 11) is 0. The fourth-order valence-corrected chi connectivity index (χ4v) is 3.68. The lowest BCUT2D eigenvalue weighted by molar-refractivity contribution is -0.104. The normalized spacial score (nSPS) is 30.9. The number of furan rings is 1. The predicted octanol–water partition coefficient (Wildman–Crippen LogP) is 3.08. The summed E-state index contributed by atoms with van der Waals surface area (Å²) in [5, 5.41) is 3.62. The second-order valence-electron chi connectivity index (χ2n) is 6.28. The highest BCUT2D eigenvalue weighted by Crippen LogP contribution is 2.41. The molecule has 4 heteroatoms. The van der Waals surface area contributed by atoms with E-state index in [1.54, 1.807) is 0 Å². The molecule has 0 saturated carbocycles. The Balaban J connectivity index is 1.76. The standard InChI is InChI=1S/C17H27NO3/c1-3-14-5-6-15(21-14)16(18-4-2)13-7-9-20-17(11-13)8-10-19-12-17/h5-6,13,16,18H,3-4,7-12H2,1-2H3. The van der Waals surface area contributed by atoms with Crippen LogP contribution >= 0.6 is 0 Å². The minimum absolute atomic E-state index is 0.0449. The number of hydrogen-bond acceptors (Lipinski definition) is 4. The van der Waals surface area contributed by atoms with Gasteiger partial charge in [0.2, 0.25) is 0 Å². The van der Waals surface area contributed by atoms with Crippen molar-refractivity contribution in [2.45, 2.75) is 51.2 Å². The Morgan fingerprint density at radius 2 is 2.24 bits per heavy atom. The number of nitrogens with one attached hydrogen (secondary N) is 1. The highest BCUT2D eigenvalue weighted by Gasteiger charge is 2.43. The maximum Gasteiger partial charge on any atom is 0.121 e. The van der Waals surface area contributed by atoms with Gasteiger partial charge in [-0.05, 0) is 37.4 Å². The maximum atomic E-state index is 6.06. The highest BCUT2D eigenvalue weighted by atomic mass is 16.6. The molecule has 0 bridgehead atoms. The van der Waals surface area contributed by atoms with E-state index in [1.807, 2.05) is 0 Å². The van der Waals surface area contributed by atoms with Gasteiger partial charge >= 0.3 is 0 Å². The van der Waals surface area contributed by atoms with E-state index in [1.165, 1.54) is 0 Å². The Labute approximate surface area is 127 Å². The molecule has 2 fully saturated rings. The van der Waals surface area contributed by atoms with Gasteiger partial charge in [-0.15, -0.1) is 0 Å². The third kappa shape index (κ3) is 3.17. The molecule has 118 valence electrons. The lowest BCUT2D eigenvalue weighted by atomic mass is 9.80. The molecular formula is C17H27NO3. The van der Waals surface area contributed by atoms with Gasteiger partial charge in [-0.3, -0.25) is 0 Å². The summed E-state index contributed by atoms with van der Waals surface area (Å²) in [5.41, 5.74) is -0.0449. The quantitative estimate of drug-likeness (QED) is 0.906. The first kappa shape index (κ1) is 15.1. The Morgan fingerprint density at radius 3 is 2.90 bits per heavy atom. The van der Waals surface area contributed by atoms with E-state index in [0.29, 0.717) is 5.92 Å². The Bertz CT molecular complexity index is 451. The fourth-order valence-electron chi connectivity index (χ4n) is 3.68. The van der Waals surface area contributed by atoms with E-state index in [2.05, 4.69) is 31.3 Å². The first-order chi connectivity index (χ1) is 10.3. The average Bonchev–Trinajstić information content (AvgIpc) is 3.14. The molecule has 0 radical (unpaired) electrons. The van der Waals surface area contributed by atoms with Crippen LogP contribution in [-0.4, -0.2) is 32.0 Å². The third-order valence-electron chi connectivity index (χ3n) is 4.83. The molecule has 21 heavy (non-hydrogen) atoms. The molecule has 1 aromatic rings. The van der Waals surface area contributed by atoms with Crippen molar-refractivity contribution >= 4 is 0 Å². The first-order valence-electron chi connectivity index (χ1n) is 8.30. The topological polar surface area (TPSA) is 43.6 Å². The lowest BCUT2D eigenvalue weighted by Crippen LogP contribution is -2.44. The van der Waals surface area contributed by atoms with Gasteiger partial charge in [0.1, 0.15) is 11.5 Å². The molecule has 3 atom stereocenters. The van der Waals surface area contributed by atoms with Crippen LogP contribution in [0.15, 0.2) is 16.5 Å². The monoisotopic (exact) mass is 293 g/mol. The summed E-state index contributed by atoms with van der Waals surface area (Å²) >= 11 is 0. The summed E-state index contributed by atoms with van der Waals surface area (Å²) in [4.78, 5) is 0. The SMILES string of the molecule is CCNC(c1ccc(CC)o1)C1CCOC2(CCOC2)C1. The smallest absolute Gasteiger partial charge is 0.121 e. The van der Waals surface area contributed by atoms with Crippen LogP contribution in [0.1, 0.15) is 50.7 Å². The van der Waals surface area contributed by atoms with Gasteiger partial charge in [0.15, 0.2) is 0 Å². The second kappa shape index (κ2) is 6.51. The first-order valence-corrected chi connectivity index (χ1v) is 8.30. The number of rotatable bonds is 5. The van der Waals surface area contributed by atoms with E-state index in [9.17, 15) is 0 Å². The Morgan fingerprint density at radius 1 is 1.33 bits per heavy atom. The van der Waals surface area contributed by atoms with Gasteiger partial charge in [0.25, 0.3) is 0 Å². The van der Waals surface area contributed by atoms with Crippen LogP contribution in [0.25, 0.3) is 0 Å². The van der Waals surface area contributed by atoms with Crippen molar-refractivity contribution in [3.05, 3.63) is 23.7 Å². The third-order valence-corrected chi connectivity index (χ3v) is 4.83. The summed E-state index contributed by atoms with van der Waals surface area (Å²) in [5.74, 6) is 2.70. The fraction of sp³-hybridized carbons (Fsp3) is 0.765. The number of hydrogen-bond donors (Lipinski definition) is 1. The minimum Gasteiger partial charge on any atom is -0.464 e. The molecule has 0 aromatic carbocycles. The average molecular weight is 293 g/mol. The highest BCUT2D eigenvalue weighted by molar-refractivity contribution is 5.13. The van der Waals surface area contributed by atoms with E-state index >= 15 is 0 Å². The van der Waals surface area contributed by atoms with Crippen molar-refractivity contribution in [2.75, 3.05) is 26.4 Å². The maximum absolute atomic E-state index is 6.06. The number of aryl methyl sites for hydroxylation is 1. The van der Waals surface area contributed by atoms with E-state index < -0.39 is 0 Å². The van der Waals surface area contributed by atoms with Gasteiger partial charge in [0.05, 0.1) is 18.2 Å². The molecule has 1 spiro atoms. The molecule has 0 aliphatic carbocycles. The van der Waals surface area contributed by atoms with Crippen LogP contribution in [0.4, 0.5) is 0 Å². The molecule has 1 N–H and O–H groups in total. The zero-order valence-corrected chi connectivity index (χ0v) is 13.2. The predicted molar refractivity (Wildman–Crippen MR) is 81.3 cm³/mol. The van der Waals surface area contributed by atoms with Crippen LogP contribution in [-0.2, 0) is 15.9 Å². The number of ether oxygens (including phenoxy) is 2. The van der Waals surface area contributed by atoms with Crippen molar-refractivity contribution in [2.24, 2.45) is 5.92 Å². The molecule has 2 aliphatic rings. The van der Waals surface area contributed by atoms with Crippen molar-refractivity contribution in [1.82, 2.24) is 5.32 Å². The van der Waals surface area contributed by atoms with Crippen LogP contribution in [0.5, 0.6) is 0 Å². The van der Waals surface area contributed by atoms with Gasteiger partial charge in [-0.1, -0.05) is 13.8 Å². The molecule has 0 amide bonds. The van der Waals surface area contributed by atoms with Crippen molar-refractivity contribution in [3.63, 3.8) is 0 Å². The zero-order chi connectivity index (χ0) is 14.7. The molecule has 3 heterocycles. The Kier molecular flexibility index (Phi) is 4.67. The van der Waals surface area contributed by atoms with Crippen LogP contribution < -0.4 is 5.32 Å². The van der Waals surface area contributed by atoms with Crippen molar-refractivity contribution < 1.29 is 13.9 Å².